The molecule has 0 spiro atoms. The van der Waals surface area contributed by atoms with Crippen LogP contribution in [0.2, 0.25) is 20.1 Å². The van der Waals surface area contributed by atoms with Gasteiger partial charge in [0.25, 0.3) is 0 Å². The molecule has 2 aromatic carbocycles. The van der Waals surface area contributed by atoms with Crippen LogP contribution in [-0.2, 0) is 11.3 Å². The lowest BCUT2D eigenvalue weighted by molar-refractivity contribution is -0.113. The fraction of sp³-hybridized carbons (Fsp3) is 0.318. The number of hydrogen-bond acceptors (Lipinski definition) is 5. The summed E-state index contributed by atoms with van der Waals surface area (Å²) in [5.74, 6) is 1.22. The molecule has 0 aliphatic carbocycles. The van der Waals surface area contributed by atoms with E-state index < -0.39 is 0 Å². The number of thioether (sulfide) groups is 1. The zero-order valence-electron chi connectivity index (χ0n) is 18.4. The number of nitrogens with one attached hydrogen (secondary N) is 1. The highest BCUT2D eigenvalue weighted by atomic mass is 35.5. The summed E-state index contributed by atoms with van der Waals surface area (Å²) in [6, 6.07) is 6.79. The first-order valence-electron chi connectivity index (χ1n) is 10.0. The molecule has 176 valence electrons. The van der Waals surface area contributed by atoms with Gasteiger partial charge in [-0.15, -0.1) is 10.2 Å². The third-order valence-corrected chi connectivity index (χ3v) is 7.36. The normalized spacial score (nSPS) is 12.0. The predicted molar refractivity (Wildman–Crippen MR) is 136 cm³/mol. The van der Waals surface area contributed by atoms with Crippen LogP contribution in [0.3, 0.4) is 0 Å². The van der Waals surface area contributed by atoms with Crippen molar-refractivity contribution >= 4 is 69.8 Å². The summed E-state index contributed by atoms with van der Waals surface area (Å²) in [5, 5.41) is 13.6. The van der Waals surface area contributed by atoms with Crippen LogP contribution >= 0.6 is 58.2 Å². The van der Waals surface area contributed by atoms with Crippen LogP contribution in [0.25, 0.3) is 0 Å². The second kappa shape index (κ2) is 11.2. The zero-order valence-corrected chi connectivity index (χ0v) is 22.2. The molecular weight excluding hydrogens is 526 g/mol. The smallest absolute Gasteiger partial charge is 0.234 e. The van der Waals surface area contributed by atoms with Gasteiger partial charge in [-0.3, -0.25) is 4.79 Å². The Kier molecular flexibility index (Phi) is 8.81. The first kappa shape index (κ1) is 26.0. The largest absolute Gasteiger partial charge is 0.483 e. The summed E-state index contributed by atoms with van der Waals surface area (Å²) < 4.78 is 8.02. The number of anilines is 1. The Morgan fingerprint density at radius 2 is 1.70 bits per heavy atom. The van der Waals surface area contributed by atoms with Gasteiger partial charge in [-0.2, -0.15) is 0 Å². The third kappa shape index (κ3) is 6.28. The Morgan fingerprint density at radius 1 is 1.06 bits per heavy atom. The van der Waals surface area contributed by atoms with Crippen molar-refractivity contribution in [2.45, 2.75) is 45.5 Å². The van der Waals surface area contributed by atoms with E-state index >= 15 is 0 Å². The van der Waals surface area contributed by atoms with E-state index in [4.69, 9.17) is 51.1 Å². The molecule has 0 bridgehead atoms. The van der Waals surface area contributed by atoms with Crippen LogP contribution in [0, 0.1) is 13.8 Å². The molecule has 33 heavy (non-hydrogen) atoms. The predicted octanol–water partition coefficient (Wildman–Crippen LogP) is 7.40. The Bertz CT molecular complexity index is 1160. The van der Waals surface area contributed by atoms with E-state index in [0.29, 0.717) is 44.0 Å². The van der Waals surface area contributed by atoms with Gasteiger partial charge in [0.2, 0.25) is 5.91 Å². The molecule has 0 fully saturated rings. The van der Waals surface area contributed by atoms with Crippen LogP contribution in [0.1, 0.15) is 36.9 Å². The number of benzene rings is 2. The summed E-state index contributed by atoms with van der Waals surface area (Å²) in [7, 11) is 0. The van der Waals surface area contributed by atoms with Crippen LogP contribution in [0.4, 0.5) is 5.69 Å². The minimum Gasteiger partial charge on any atom is -0.483 e. The van der Waals surface area contributed by atoms with Crippen molar-refractivity contribution in [3.8, 4) is 5.75 Å². The first-order chi connectivity index (χ1) is 15.6. The van der Waals surface area contributed by atoms with Crippen LogP contribution in [0.5, 0.6) is 5.75 Å². The third-order valence-electron chi connectivity index (χ3n) is 4.76. The summed E-state index contributed by atoms with van der Waals surface area (Å²) in [6.45, 7) is 8.38. The number of carbonyl (C=O) groups excluding carboxylic acids is 1. The van der Waals surface area contributed by atoms with Gasteiger partial charge in [0.15, 0.2) is 17.1 Å². The average molecular weight is 548 g/mol. The summed E-state index contributed by atoms with van der Waals surface area (Å²) in [5.41, 5.74) is 2.28. The van der Waals surface area contributed by atoms with Crippen LogP contribution < -0.4 is 10.1 Å². The highest BCUT2D eigenvalue weighted by Gasteiger charge is 2.20. The van der Waals surface area contributed by atoms with Gasteiger partial charge in [0, 0.05) is 11.6 Å². The molecular formula is C22H22Cl4N4O2S. The van der Waals surface area contributed by atoms with E-state index in [1.54, 1.807) is 0 Å². The van der Waals surface area contributed by atoms with Gasteiger partial charge >= 0.3 is 0 Å². The van der Waals surface area contributed by atoms with Crippen LogP contribution in [0.15, 0.2) is 29.4 Å². The molecule has 6 nitrogen and oxygen atoms in total. The van der Waals surface area contributed by atoms with E-state index in [2.05, 4.69) is 15.5 Å². The molecule has 0 aliphatic rings. The minimum absolute atomic E-state index is 0.111. The highest BCUT2D eigenvalue weighted by Crippen LogP contribution is 2.33. The number of hydrogen-bond donors (Lipinski definition) is 1. The van der Waals surface area contributed by atoms with Gasteiger partial charge < -0.3 is 14.6 Å². The maximum absolute atomic E-state index is 12.4. The molecule has 1 N–H and O–H groups in total. The molecule has 0 saturated heterocycles. The van der Waals surface area contributed by atoms with Gasteiger partial charge in [-0.25, -0.2) is 0 Å². The second-order valence-corrected chi connectivity index (χ2v) is 9.84. The molecule has 1 heterocycles. The number of halogens is 4. The second-order valence-electron chi connectivity index (χ2n) is 7.30. The topological polar surface area (TPSA) is 69.0 Å². The lowest BCUT2D eigenvalue weighted by Gasteiger charge is -2.17. The van der Waals surface area contributed by atoms with Crippen molar-refractivity contribution in [1.82, 2.24) is 14.8 Å². The number of ether oxygens (including phenoxy) is 1. The molecule has 11 heteroatoms. The van der Waals surface area contributed by atoms with Crippen molar-refractivity contribution in [3.63, 3.8) is 0 Å². The number of nitrogens with zero attached hydrogens (tertiary/aromatic N) is 3. The molecule has 1 aromatic heterocycles. The highest BCUT2D eigenvalue weighted by molar-refractivity contribution is 7.99. The Hall–Kier alpha value is -1.64. The molecule has 3 rings (SSSR count). The van der Waals surface area contributed by atoms with Crippen molar-refractivity contribution < 1.29 is 9.53 Å². The summed E-state index contributed by atoms with van der Waals surface area (Å²) in [4.78, 5) is 12.4. The molecule has 0 aliphatic heterocycles. The summed E-state index contributed by atoms with van der Waals surface area (Å²) >= 11 is 25.6. The van der Waals surface area contributed by atoms with Crippen molar-refractivity contribution in [2.75, 3.05) is 11.1 Å². The summed E-state index contributed by atoms with van der Waals surface area (Å²) in [6.07, 6.45) is -0.351. The van der Waals surface area contributed by atoms with Gasteiger partial charge in [0.1, 0.15) is 5.75 Å². The van der Waals surface area contributed by atoms with Gasteiger partial charge in [-0.05, 0) is 63.1 Å². The van der Waals surface area contributed by atoms with E-state index in [1.165, 1.54) is 23.9 Å². The van der Waals surface area contributed by atoms with Gasteiger partial charge in [-0.1, -0.05) is 58.2 Å². The van der Waals surface area contributed by atoms with Crippen molar-refractivity contribution in [2.24, 2.45) is 0 Å². The molecule has 0 saturated carbocycles. The quantitative estimate of drug-likeness (QED) is 0.235. The average Bonchev–Trinajstić information content (AvgIpc) is 3.17. The number of carbonyl (C=O) groups is 1. The van der Waals surface area contributed by atoms with E-state index in [0.717, 1.165) is 16.1 Å². The Morgan fingerprint density at radius 3 is 2.33 bits per heavy atom. The Labute approximate surface area is 216 Å². The van der Waals surface area contributed by atoms with E-state index in [1.807, 2.05) is 44.4 Å². The van der Waals surface area contributed by atoms with E-state index in [9.17, 15) is 4.79 Å². The lowest BCUT2D eigenvalue weighted by atomic mass is 10.1. The Balaban J connectivity index is 1.68. The lowest BCUT2D eigenvalue weighted by Crippen LogP contribution is -2.15. The molecule has 1 unspecified atom stereocenters. The fourth-order valence-corrected chi connectivity index (χ4v) is 4.68. The van der Waals surface area contributed by atoms with E-state index in [-0.39, 0.29) is 17.8 Å². The molecule has 3 aromatic rings. The molecule has 0 radical (unpaired) electrons. The fourth-order valence-electron chi connectivity index (χ4n) is 3.17. The standard InChI is InChI=1S/C22H22Cl4N4O2S/c1-5-30-21(13(4)32-14-6-11(2)20(26)12(3)7-14)28-29-22(30)33-10-19(31)27-18-9-16(24)15(23)8-17(18)25/h6-9,13H,5,10H2,1-4H3,(H,27,31). The van der Waals surface area contributed by atoms with Gasteiger partial charge in [0.05, 0.1) is 26.5 Å². The SMILES string of the molecule is CCn1c(SCC(=O)Nc2cc(Cl)c(Cl)cc2Cl)nnc1C(C)Oc1cc(C)c(Cl)c(C)c1. The monoisotopic (exact) mass is 546 g/mol. The number of amides is 1. The zero-order chi connectivity index (χ0) is 24.3. The molecule has 1 atom stereocenters. The minimum atomic E-state index is -0.351. The molecule has 1 amide bonds. The maximum Gasteiger partial charge on any atom is 0.234 e. The first-order valence-corrected chi connectivity index (χ1v) is 12.5. The number of aromatic nitrogens is 3. The van der Waals surface area contributed by atoms with Crippen molar-refractivity contribution in [3.05, 3.63) is 61.3 Å². The van der Waals surface area contributed by atoms with Crippen molar-refractivity contribution in [1.29, 1.82) is 0 Å². The number of rotatable bonds is 8. The maximum atomic E-state index is 12.4. The van der Waals surface area contributed by atoms with Crippen LogP contribution in [-0.4, -0.2) is 26.4 Å². The number of aryl methyl sites for hydroxylation is 2.